The maximum Gasteiger partial charge on any atom is 0.109 e. The summed E-state index contributed by atoms with van der Waals surface area (Å²) < 4.78 is 0. The highest BCUT2D eigenvalue weighted by atomic mass is 15.0. The van der Waals surface area contributed by atoms with E-state index in [1.54, 1.807) is 0 Å². The first-order valence-corrected chi connectivity index (χ1v) is 4.37. The Labute approximate surface area is 72.4 Å². The second-order valence-electron chi connectivity index (χ2n) is 4.24. The highest BCUT2D eigenvalue weighted by molar-refractivity contribution is 5.17. The lowest BCUT2D eigenvalue weighted by Gasteiger charge is -1.98. The smallest absolute Gasteiger partial charge is 0.109 e. The fourth-order valence-electron chi connectivity index (χ4n) is 1.59. The number of nitrogens with zero attached hydrogens (tertiary/aromatic N) is 1. The van der Waals surface area contributed by atoms with Crippen molar-refractivity contribution in [3.05, 3.63) is 17.7 Å². The summed E-state index contributed by atoms with van der Waals surface area (Å²) in [6.45, 7) is 5.09. The lowest BCUT2D eigenvalue weighted by molar-refractivity contribution is 0.610. The van der Waals surface area contributed by atoms with E-state index in [-0.39, 0.29) is 0 Å². The Bertz CT molecular complexity index is 288. The zero-order valence-electron chi connectivity index (χ0n) is 7.59. The van der Waals surface area contributed by atoms with Crippen LogP contribution in [0.25, 0.3) is 0 Å². The van der Waals surface area contributed by atoms with E-state index in [1.165, 1.54) is 6.42 Å². The van der Waals surface area contributed by atoms with Gasteiger partial charge in [0.25, 0.3) is 0 Å². The van der Waals surface area contributed by atoms with Crippen LogP contribution in [0, 0.1) is 5.41 Å². The molecule has 12 heavy (non-hydrogen) atoms. The first-order valence-electron chi connectivity index (χ1n) is 4.37. The Morgan fingerprint density at radius 1 is 1.75 bits per heavy atom. The van der Waals surface area contributed by atoms with E-state index in [2.05, 4.69) is 23.8 Å². The molecule has 3 N–H and O–H groups in total. The van der Waals surface area contributed by atoms with E-state index in [9.17, 15) is 0 Å². The molecule has 66 valence electrons. The van der Waals surface area contributed by atoms with Crippen molar-refractivity contribution in [1.82, 2.24) is 9.97 Å². The maximum absolute atomic E-state index is 5.48. The van der Waals surface area contributed by atoms with Crippen molar-refractivity contribution in [2.75, 3.05) is 0 Å². The topological polar surface area (TPSA) is 54.7 Å². The molecule has 1 saturated carbocycles. The van der Waals surface area contributed by atoms with Crippen LogP contribution in [0.5, 0.6) is 0 Å². The molecular formula is C9H15N3. The van der Waals surface area contributed by atoms with E-state index in [1.807, 2.05) is 6.20 Å². The van der Waals surface area contributed by atoms with Crippen molar-refractivity contribution in [1.29, 1.82) is 0 Å². The Morgan fingerprint density at radius 3 is 2.83 bits per heavy atom. The average Bonchev–Trinajstić information content (AvgIpc) is 2.52. The van der Waals surface area contributed by atoms with Gasteiger partial charge in [0, 0.05) is 24.4 Å². The van der Waals surface area contributed by atoms with Crippen molar-refractivity contribution >= 4 is 0 Å². The molecule has 0 aromatic carbocycles. The molecule has 1 aromatic heterocycles. The van der Waals surface area contributed by atoms with Gasteiger partial charge in [-0.25, -0.2) is 4.98 Å². The molecule has 0 radical (unpaired) electrons. The van der Waals surface area contributed by atoms with Crippen LogP contribution < -0.4 is 5.73 Å². The van der Waals surface area contributed by atoms with Gasteiger partial charge in [-0.05, 0) is 11.8 Å². The van der Waals surface area contributed by atoms with Crippen molar-refractivity contribution < 1.29 is 0 Å². The number of hydrogen-bond donors (Lipinski definition) is 2. The van der Waals surface area contributed by atoms with E-state index in [0.717, 1.165) is 11.5 Å². The monoisotopic (exact) mass is 165 g/mol. The second-order valence-corrected chi connectivity index (χ2v) is 4.24. The van der Waals surface area contributed by atoms with Crippen LogP contribution >= 0.6 is 0 Å². The van der Waals surface area contributed by atoms with E-state index in [0.29, 0.717) is 17.9 Å². The molecule has 1 aliphatic rings. The lowest BCUT2D eigenvalue weighted by atomic mass is 10.1. The molecule has 0 saturated heterocycles. The van der Waals surface area contributed by atoms with Gasteiger partial charge < -0.3 is 10.7 Å². The normalized spacial score (nSPS) is 25.8. The number of imidazole rings is 1. The fraction of sp³-hybridized carbons (Fsp3) is 0.667. The molecule has 2 rings (SSSR count). The average molecular weight is 165 g/mol. The Balaban J connectivity index is 2.15. The molecule has 1 fully saturated rings. The summed E-state index contributed by atoms with van der Waals surface area (Å²) in [5, 5.41) is 0. The fourth-order valence-corrected chi connectivity index (χ4v) is 1.59. The zero-order chi connectivity index (χ0) is 8.77. The first-order chi connectivity index (χ1) is 5.63. The third kappa shape index (κ3) is 1.14. The van der Waals surface area contributed by atoms with Gasteiger partial charge in [0.05, 0.1) is 0 Å². The number of aromatic nitrogens is 2. The van der Waals surface area contributed by atoms with Crippen LogP contribution in [0.3, 0.4) is 0 Å². The number of H-pyrrole nitrogens is 1. The molecule has 3 heteroatoms. The Morgan fingerprint density at radius 2 is 2.42 bits per heavy atom. The summed E-state index contributed by atoms with van der Waals surface area (Å²) in [6, 6.07) is 0. The van der Waals surface area contributed by atoms with Gasteiger partial charge in [-0.15, -0.1) is 0 Å². The predicted octanol–water partition coefficient (Wildman–Crippen LogP) is 1.38. The molecular weight excluding hydrogens is 150 g/mol. The van der Waals surface area contributed by atoms with Gasteiger partial charge in [-0.2, -0.15) is 0 Å². The van der Waals surface area contributed by atoms with Gasteiger partial charge in [0.2, 0.25) is 0 Å². The molecule has 0 amide bonds. The molecule has 0 spiro atoms. The van der Waals surface area contributed by atoms with Gasteiger partial charge in [-0.1, -0.05) is 13.8 Å². The Hall–Kier alpha value is -0.830. The van der Waals surface area contributed by atoms with Crippen molar-refractivity contribution in [3.63, 3.8) is 0 Å². The molecule has 1 atom stereocenters. The third-order valence-corrected chi connectivity index (χ3v) is 2.71. The minimum Gasteiger partial charge on any atom is -0.345 e. The van der Waals surface area contributed by atoms with Crippen LogP contribution in [0.2, 0.25) is 0 Å². The van der Waals surface area contributed by atoms with Crippen LogP contribution in [0.15, 0.2) is 6.20 Å². The summed E-state index contributed by atoms with van der Waals surface area (Å²) in [5.41, 5.74) is 6.96. The molecule has 1 unspecified atom stereocenters. The minimum absolute atomic E-state index is 0.448. The molecule has 0 aliphatic heterocycles. The number of hydrogen-bond acceptors (Lipinski definition) is 2. The number of rotatable bonds is 2. The van der Waals surface area contributed by atoms with Gasteiger partial charge in [-0.3, -0.25) is 0 Å². The number of aromatic amines is 1. The quantitative estimate of drug-likeness (QED) is 0.695. The van der Waals surface area contributed by atoms with E-state index in [4.69, 9.17) is 5.73 Å². The SMILES string of the molecule is CC1(C)CC1c1ncc(CN)[nH]1. The number of nitrogens with one attached hydrogen (secondary N) is 1. The summed E-state index contributed by atoms with van der Waals surface area (Å²) in [5.74, 6) is 1.73. The molecule has 1 aliphatic carbocycles. The molecule has 3 nitrogen and oxygen atoms in total. The zero-order valence-corrected chi connectivity index (χ0v) is 7.59. The minimum atomic E-state index is 0.448. The second kappa shape index (κ2) is 2.33. The van der Waals surface area contributed by atoms with Crippen molar-refractivity contribution in [2.24, 2.45) is 11.1 Å². The van der Waals surface area contributed by atoms with Gasteiger partial charge in [0.1, 0.15) is 5.82 Å². The maximum atomic E-state index is 5.48. The predicted molar refractivity (Wildman–Crippen MR) is 47.6 cm³/mol. The number of nitrogens with two attached hydrogens (primary N) is 1. The molecule has 0 bridgehead atoms. The van der Waals surface area contributed by atoms with Crippen molar-refractivity contribution in [3.8, 4) is 0 Å². The molecule has 1 aromatic rings. The van der Waals surface area contributed by atoms with Gasteiger partial charge in [0.15, 0.2) is 0 Å². The standard InChI is InChI=1S/C9H15N3/c1-9(2)3-7(9)8-11-5-6(4-10)12-8/h5,7H,3-4,10H2,1-2H3,(H,11,12). The first kappa shape index (κ1) is 7.80. The van der Waals surface area contributed by atoms with Crippen molar-refractivity contribution in [2.45, 2.75) is 32.7 Å². The largest absolute Gasteiger partial charge is 0.345 e. The summed E-state index contributed by atoms with van der Waals surface area (Å²) in [7, 11) is 0. The highest BCUT2D eigenvalue weighted by Crippen LogP contribution is 2.57. The lowest BCUT2D eigenvalue weighted by Crippen LogP contribution is -1.97. The molecule has 1 heterocycles. The van der Waals surface area contributed by atoms with Crippen LogP contribution in [-0.2, 0) is 6.54 Å². The van der Waals surface area contributed by atoms with Crippen LogP contribution in [0.4, 0.5) is 0 Å². The van der Waals surface area contributed by atoms with Crippen LogP contribution in [-0.4, -0.2) is 9.97 Å². The highest BCUT2D eigenvalue weighted by Gasteiger charge is 2.48. The Kier molecular flexibility index (Phi) is 1.51. The van der Waals surface area contributed by atoms with Gasteiger partial charge >= 0.3 is 0 Å². The van der Waals surface area contributed by atoms with Crippen LogP contribution in [0.1, 0.15) is 37.7 Å². The summed E-state index contributed by atoms with van der Waals surface area (Å²) in [6.07, 6.45) is 3.08. The van der Waals surface area contributed by atoms with E-state index >= 15 is 0 Å². The third-order valence-electron chi connectivity index (χ3n) is 2.71. The summed E-state index contributed by atoms with van der Waals surface area (Å²) in [4.78, 5) is 7.55. The summed E-state index contributed by atoms with van der Waals surface area (Å²) >= 11 is 0. The van der Waals surface area contributed by atoms with E-state index < -0.39 is 0 Å².